The standard InChI is InChI=1S/C28H37ClF2/c1-3-4-5-21-6-8-22(9-7-21)10-11-24-18-27(30)26(28(31)19-24)17-14-23-12-15-25(16-13-23)20(2)29/h18-19,21-23,25H,2-13,15-16H2,1H3/t21-,22-,23-,25-. The van der Waals surface area contributed by atoms with Crippen molar-refractivity contribution in [1.29, 1.82) is 0 Å². The molecule has 170 valence electrons. The summed E-state index contributed by atoms with van der Waals surface area (Å²) in [5, 5.41) is 0.712. The molecule has 0 atom stereocenters. The van der Waals surface area contributed by atoms with Crippen LogP contribution in [0.3, 0.4) is 0 Å². The summed E-state index contributed by atoms with van der Waals surface area (Å²) >= 11 is 6.00. The van der Waals surface area contributed by atoms with Crippen molar-refractivity contribution >= 4 is 11.6 Å². The van der Waals surface area contributed by atoms with Crippen LogP contribution in [0, 0.1) is 47.1 Å². The van der Waals surface area contributed by atoms with Gasteiger partial charge in [-0.25, -0.2) is 8.78 Å². The van der Waals surface area contributed by atoms with Gasteiger partial charge < -0.3 is 0 Å². The van der Waals surface area contributed by atoms with Crippen LogP contribution in [0.15, 0.2) is 23.7 Å². The van der Waals surface area contributed by atoms with Crippen LogP contribution in [0.1, 0.15) is 95.1 Å². The molecule has 1 aromatic carbocycles. The van der Waals surface area contributed by atoms with Gasteiger partial charge in [0.1, 0.15) is 11.6 Å². The SMILES string of the molecule is C=C(Cl)[C@H]1CC[C@H](C#Cc2c(F)cc(CC[C@H]3CC[C@H](CCCC)CC3)cc2F)CC1. The van der Waals surface area contributed by atoms with E-state index in [1.165, 1.54) is 57.1 Å². The average Bonchev–Trinajstić information content (AvgIpc) is 2.76. The van der Waals surface area contributed by atoms with Gasteiger partial charge in [-0.1, -0.05) is 81.9 Å². The molecule has 3 heteroatoms. The minimum atomic E-state index is -0.520. The van der Waals surface area contributed by atoms with Crippen LogP contribution in [0.2, 0.25) is 0 Å². The zero-order valence-corrected chi connectivity index (χ0v) is 19.8. The molecule has 0 unspecified atom stereocenters. The molecule has 0 saturated heterocycles. The Morgan fingerprint density at radius 2 is 1.55 bits per heavy atom. The Morgan fingerprint density at radius 1 is 0.968 bits per heavy atom. The quantitative estimate of drug-likeness (QED) is 0.367. The summed E-state index contributed by atoms with van der Waals surface area (Å²) in [6, 6.07) is 2.99. The van der Waals surface area contributed by atoms with Crippen LogP contribution in [0.25, 0.3) is 0 Å². The second-order valence-electron chi connectivity index (χ2n) is 9.77. The largest absolute Gasteiger partial charge is 0.206 e. The molecule has 0 aliphatic heterocycles. The smallest absolute Gasteiger partial charge is 0.142 e. The van der Waals surface area contributed by atoms with Crippen LogP contribution in [0.4, 0.5) is 8.78 Å². The fourth-order valence-electron chi connectivity index (χ4n) is 5.29. The third-order valence-electron chi connectivity index (χ3n) is 7.45. The summed E-state index contributed by atoms with van der Waals surface area (Å²) in [6.45, 7) is 6.07. The highest BCUT2D eigenvalue weighted by atomic mass is 35.5. The van der Waals surface area contributed by atoms with Crippen molar-refractivity contribution in [2.45, 2.75) is 90.4 Å². The van der Waals surface area contributed by atoms with E-state index in [-0.39, 0.29) is 11.5 Å². The molecule has 0 nitrogen and oxygen atoms in total. The number of rotatable bonds is 7. The normalized spacial score (nSPS) is 26.2. The maximum atomic E-state index is 14.6. The summed E-state index contributed by atoms with van der Waals surface area (Å²) < 4.78 is 29.2. The zero-order valence-electron chi connectivity index (χ0n) is 19.0. The Balaban J connectivity index is 1.50. The predicted octanol–water partition coefficient (Wildman–Crippen LogP) is 8.80. The van der Waals surface area contributed by atoms with E-state index in [1.54, 1.807) is 0 Å². The van der Waals surface area contributed by atoms with E-state index in [9.17, 15) is 8.78 Å². The summed E-state index contributed by atoms with van der Waals surface area (Å²) in [7, 11) is 0. The van der Waals surface area contributed by atoms with Gasteiger partial charge in [0, 0.05) is 11.0 Å². The molecule has 2 fully saturated rings. The van der Waals surface area contributed by atoms with Crippen molar-refractivity contribution in [1.82, 2.24) is 0 Å². The maximum Gasteiger partial charge on any atom is 0.142 e. The molecule has 0 bridgehead atoms. The van der Waals surface area contributed by atoms with Gasteiger partial charge in [0.15, 0.2) is 0 Å². The molecule has 0 spiro atoms. The van der Waals surface area contributed by atoms with Gasteiger partial charge in [0.25, 0.3) is 0 Å². The maximum absolute atomic E-state index is 14.6. The molecule has 0 radical (unpaired) electrons. The van der Waals surface area contributed by atoms with E-state index in [4.69, 9.17) is 11.6 Å². The van der Waals surface area contributed by atoms with Crippen molar-refractivity contribution in [3.8, 4) is 11.8 Å². The Bertz CT molecular complexity index is 764. The third kappa shape index (κ3) is 7.35. The number of unbranched alkanes of at least 4 members (excludes halogenated alkanes) is 1. The van der Waals surface area contributed by atoms with E-state index in [0.717, 1.165) is 50.0 Å². The lowest BCUT2D eigenvalue weighted by molar-refractivity contribution is 0.250. The number of hydrogen-bond acceptors (Lipinski definition) is 0. The van der Waals surface area contributed by atoms with E-state index >= 15 is 0 Å². The molecule has 0 aromatic heterocycles. The summed E-state index contributed by atoms with van der Waals surface area (Å²) in [5.41, 5.74) is 0.679. The van der Waals surface area contributed by atoms with Crippen molar-refractivity contribution in [3.05, 3.63) is 46.5 Å². The van der Waals surface area contributed by atoms with Crippen molar-refractivity contribution in [3.63, 3.8) is 0 Å². The number of aryl methyl sites for hydroxylation is 1. The Hall–Kier alpha value is -1.33. The number of hydrogen-bond donors (Lipinski definition) is 0. The Labute approximate surface area is 192 Å². The summed E-state index contributed by atoms with van der Waals surface area (Å²) in [4.78, 5) is 0. The van der Waals surface area contributed by atoms with Gasteiger partial charge in [-0.3, -0.25) is 0 Å². The van der Waals surface area contributed by atoms with E-state index in [2.05, 4.69) is 25.3 Å². The molecule has 0 N–H and O–H groups in total. The second-order valence-corrected chi connectivity index (χ2v) is 10.3. The highest BCUT2D eigenvalue weighted by molar-refractivity contribution is 6.29. The highest BCUT2D eigenvalue weighted by Crippen LogP contribution is 2.35. The molecule has 2 aliphatic rings. The van der Waals surface area contributed by atoms with Gasteiger partial charge in [-0.2, -0.15) is 0 Å². The molecule has 0 amide bonds. The van der Waals surface area contributed by atoms with Crippen molar-refractivity contribution in [2.75, 3.05) is 0 Å². The molecule has 31 heavy (non-hydrogen) atoms. The predicted molar refractivity (Wildman–Crippen MR) is 127 cm³/mol. The topological polar surface area (TPSA) is 0 Å². The van der Waals surface area contributed by atoms with Gasteiger partial charge in [0.05, 0.1) is 5.56 Å². The highest BCUT2D eigenvalue weighted by Gasteiger charge is 2.22. The number of benzene rings is 1. The molecular formula is C28H37ClF2. The first kappa shape index (κ1) is 24.3. The first-order valence-electron chi connectivity index (χ1n) is 12.3. The van der Waals surface area contributed by atoms with Gasteiger partial charge in [-0.15, -0.1) is 0 Å². The van der Waals surface area contributed by atoms with Crippen LogP contribution in [-0.4, -0.2) is 0 Å². The van der Waals surface area contributed by atoms with E-state index < -0.39 is 11.6 Å². The van der Waals surface area contributed by atoms with Crippen molar-refractivity contribution < 1.29 is 8.78 Å². The monoisotopic (exact) mass is 446 g/mol. The average molecular weight is 447 g/mol. The number of halogens is 3. The van der Waals surface area contributed by atoms with Crippen LogP contribution in [0.5, 0.6) is 0 Å². The van der Waals surface area contributed by atoms with Crippen LogP contribution in [-0.2, 0) is 6.42 Å². The van der Waals surface area contributed by atoms with Gasteiger partial charge in [0.2, 0.25) is 0 Å². The lowest BCUT2D eigenvalue weighted by atomic mass is 9.78. The molecule has 2 saturated carbocycles. The van der Waals surface area contributed by atoms with Crippen LogP contribution >= 0.6 is 11.6 Å². The minimum Gasteiger partial charge on any atom is -0.206 e. The Morgan fingerprint density at radius 3 is 2.10 bits per heavy atom. The number of allylic oxidation sites excluding steroid dienone is 1. The minimum absolute atomic E-state index is 0.0796. The Kier molecular flexibility index (Phi) is 9.46. The first-order chi connectivity index (χ1) is 15.0. The molecular weight excluding hydrogens is 410 g/mol. The third-order valence-corrected chi connectivity index (χ3v) is 7.76. The zero-order chi connectivity index (χ0) is 22.2. The molecule has 0 heterocycles. The van der Waals surface area contributed by atoms with Gasteiger partial charge in [-0.05, 0) is 74.0 Å². The lowest BCUT2D eigenvalue weighted by Crippen LogP contribution is -2.15. The summed E-state index contributed by atoms with van der Waals surface area (Å²) in [6.07, 6.45) is 14.7. The van der Waals surface area contributed by atoms with Crippen LogP contribution < -0.4 is 0 Å². The molecule has 3 rings (SSSR count). The fourth-order valence-corrected chi connectivity index (χ4v) is 5.51. The van der Waals surface area contributed by atoms with E-state index in [1.807, 2.05) is 0 Å². The second kappa shape index (κ2) is 12.1. The fraction of sp³-hybridized carbons (Fsp3) is 0.643. The molecule has 1 aromatic rings. The first-order valence-corrected chi connectivity index (χ1v) is 12.7. The molecule has 2 aliphatic carbocycles. The van der Waals surface area contributed by atoms with Crippen molar-refractivity contribution in [2.24, 2.45) is 23.7 Å². The summed E-state index contributed by atoms with van der Waals surface area (Å²) in [5.74, 6) is 6.97. The van der Waals surface area contributed by atoms with E-state index in [0.29, 0.717) is 16.9 Å². The van der Waals surface area contributed by atoms with Gasteiger partial charge >= 0.3 is 0 Å². The lowest BCUT2D eigenvalue weighted by Gasteiger charge is -2.28.